The van der Waals surface area contributed by atoms with E-state index in [0.29, 0.717) is 48.9 Å². The highest BCUT2D eigenvalue weighted by Crippen LogP contribution is 2.42. The predicted molar refractivity (Wildman–Crippen MR) is 146 cm³/mol. The van der Waals surface area contributed by atoms with Crippen molar-refractivity contribution >= 4 is 56.6 Å². The van der Waals surface area contributed by atoms with Crippen LogP contribution < -0.4 is 9.80 Å². The van der Waals surface area contributed by atoms with Gasteiger partial charge in [-0.25, -0.2) is 9.37 Å². The second-order valence-electron chi connectivity index (χ2n) is 9.01. The number of fused-ring (bicyclic) bond motifs is 2. The first-order chi connectivity index (χ1) is 17.8. The fourth-order valence-electron chi connectivity index (χ4n) is 4.68. The van der Waals surface area contributed by atoms with E-state index in [9.17, 15) is 9.70 Å². The lowest BCUT2D eigenvalue weighted by molar-refractivity contribution is -0.126. The standard InChI is InChI=1S/C27H24ClFN6O2/c1-4-22(36)34-9-11-35(12-10-34)26-20-15-21(28)23(24(29)25(20)30-27(31-26)33(2)3)19-14-17(32-37)13-16-7-5-6-8-18(16)19/h4-8,13-15H,1,9-12H2,2-3H3. The highest BCUT2D eigenvalue weighted by molar-refractivity contribution is 6.35. The summed E-state index contributed by atoms with van der Waals surface area (Å²) in [6, 6.07) is 12.2. The molecule has 1 aromatic heterocycles. The number of carbonyl (C=O) groups is 1. The van der Waals surface area contributed by atoms with Crippen molar-refractivity contribution in [2.45, 2.75) is 0 Å². The van der Waals surface area contributed by atoms with Gasteiger partial charge in [-0.05, 0) is 45.8 Å². The third-order valence-corrected chi connectivity index (χ3v) is 6.84. The summed E-state index contributed by atoms with van der Waals surface area (Å²) in [6.07, 6.45) is 1.30. The number of nitroso groups, excluding NO2 is 1. The Labute approximate surface area is 217 Å². The van der Waals surface area contributed by atoms with Crippen molar-refractivity contribution in [3.8, 4) is 11.1 Å². The Kier molecular flexibility index (Phi) is 6.47. The summed E-state index contributed by atoms with van der Waals surface area (Å²) in [4.78, 5) is 38.1. The van der Waals surface area contributed by atoms with Crippen LogP contribution in [0, 0.1) is 10.7 Å². The van der Waals surface area contributed by atoms with Gasteiger partial charge in [-0.3, -0.25) is 4.79 Å². The van der Waals surface area contributed by atoms with Crippen LogP contribution >= 0.6 is 11.6 Å². The monoisotopic (exact) mass is 518 g/mol. The summed E-state index contributed by atoms with van der Waals surface area (Å²) in [6.45, 7) is 5.55. The Hall–Kier alpha value is -4.11. The zero-order valence-corrected chi connectivity index (χ0v) is 21.2. The van der Waals surface area contributed by atoms with Crippen molar-refractivity contribution < 1.29 is 9.18 Å². The van der Waals surface area contributed by atoms with Gasteiger partial charge >= 0.3 is 0 Å². The van der Waals surface area contributed by atoms with Gasteiger partial charge in [0, 0.05) is 51.2 Å². The first-order valence-corrected chi connectivity index (χ1v) is 12.1. The Morgan fingerprint density at radius 3 is 2.51 bits per heavy atom. The second-order valence-corrected chi connectivity index (χ2v) is 9.41. The number of hydrogen-bond acceptors (Lipinski definition) is 7. The smallest absolute Gasteiger partial charge is 0.246 e. The van der Waals surface area contributed by atoms with E-state index < -0.39 is 5.82 Å². The highest BCUT2D eigenvalue weighted by Gasteiger charge is 2.26. The molecule has 0 aliphatic carbocycles. The number of nitrogens with zero attached hydrogens (tertiary/aromatic N) is 6. The number of hydrogen-bond donors (Lipinski definition) is 0. The molecule has 1 aliphatic heterocycles. The minimum atomic E-state index is -0.608. The van der Waals surface area contributed by atoms with Gasteiger partial charge < -0.3 is 14.7 Å². The molecule has 8 nitrogen and oxygen atoms in total. The summed E-state index contributed by atoms with van der Waals surface area (Å²) < 4.78 is 16.4. The third kappa shape index (κ3) is 4.35. The fraction of sp³-hybridized carbons (Fsp3) is 0.222. The average Bonchev–Trinajstić information content (AvgIpc) is 2.92. The van der Waals surface area contributed by atoms with Gasteiger partial charge in [-0.2, -0.15) is 4.98 Å². The molecule has 1 aliphatic rings. The molecular weight excluding hydrogens is 495 g/mol. The molecule has 4 aromatic rings. The van der Waals surface area contributed by atoms with E-state index in [1.54, 1.807) is 36.0 Å². The summed E-state index contributed by atoms with van der Waals surface area (Å²) in [5, 5.41) is 5.19. The number of carbonyl (C=O) groups excluding carboxylic acids is 1. The molecule has 1 amide bonds. The molecule has 2 heterocycles. The van der Waals surface area contributed by atoms with E-state index in [-0.39, 0.29) is 27.7 Å². The van der Waals surface area contributed by atoms with Crippen molar-refractivity contribution in [2.24, 2.45) is 5.18 Å². The molecule has 37 heavy (non-hydrogen) atoms. The molecule has 10 heteroatoms. The number of halogens is 2. The van der Waals surface area contributed by atoms with E-state index in [2.05, 4.69) is 16.7 Å². The van der Waals surface area contributed by atoms with E-state index >= 15 is 4.39 Å². The molecule has 188 valence electrons. The molecule has 5 rings (SSSR count). The van der Waals surface area contributed by atoms with Crippen LogP contribution in [-0.2, 0) is 4.79 Å². The van der Waals surface area contributed by atoms with Gasteiger partial charge in [0.2, 0.25) is 11.9 Å². The second kappa shape index (κ2) is 9.74. The lowest BCUT2D eigenvalue weighted by Crippen LogP contribution is -2.48. The Morgan fingerprint density at radius 2 is 1.84 bits per heavy atom. The number of anilines is 2. The van der Waals surface area contributed by atoms with Gasteiger partial charge in [-0.15, -0.1) is 4.91 Å². The highest BCUT2D eigenvalue weighted by atomic mass is 35.5. The lowest BCUT2D eigenvalue weighted by Gasteiger charge is -2.35. The zero-order chi connectivity index (χ0) is 26.3. The summed E-state index contributed by atoms with van der Waals surface area (Å²) in [7, 11) is 3.57. The molecule has 0 unspecified atom stereocenters. The van der Waals surface area contributed by atoms with Crippen molar-refractivity contribution in [1.82, 2.24) is 14.9 Å². The quantitative estimate of drug-likeness (QED) is 0.255. The number of amides is 1. The third-order valence-electron chi connectivity index (χ3n) is 6.54. The van der Waals surface area contributed by atoms with Gasteiger partial charge in [0.15, 0.2) is 5.82 Å². The van der Waals surface area contributed by atoms with Crippen LogP contribution in [0.25, 0.3) is 32.8 Å². The topological polar surface area (TPSA) is 82.0 Å². The Morgan fingerprint density at radius 1 is 1.11 bits per heavy atom. The van der Waals surface area contributed by atoms with Crippen molar-refractivity contribution in [3.63, 3.8) is 0 Å². The minimum Gasteiger partial charge on any atom is -0.352 e. The normalized spacial score (nSPS) is 13.7. The molecule has 0 saturated carbocycles. The van der Waals surface area contributed by atoms with Gasteiger partial charge in [0.25, 0.3) is 0 Å². The molecule has 0 spiro atoms. The first kappa shape index (κ1) is 24.6. The summed E-state index contributed by atoms with van der Waals surface area (Å²) in [5.41, 5.74) is 0.895. The number of aromatic nitrogens is 2. The largest absolute Gasteiger partial charge is 0.352 e. The lowest BCUT2D eigenvalue weighted by atomic mass is 9.96. The maximum atomic E-state index is 16.4. The number of benzene rings is 3. The molecule has 3 aromatic carbocycles. The first-order valence-electron chi connectivity index (χ1n) is 11.7. The van der Waals surface area contributed by atoms with Gasteiger partial charge in [0.1, 0.15) is 17.0 Å². The van der Waals surface area contributed by atoms with E-state index in [0.717, 1.165) is 10.8 Å². The van der Waals surface area contributed by atoms with Crippen LogP contribution in [0.1, 0.15) is 0 Å². The predicted octanol–water partition coefficient (Wildman–Crippen LogP) is 5.54. The van der Waals surface area contributed by atoms with Crippen LogP contribution in [0.2, 0.25) is 5.02 Å². The molecule has 0 N–H and O–H groups in total. The molecule has 0 atom stereocenters. The number of rotatable bonds is 5. The van der Waals surface area contributed by atoms with Crippen LogP contribution in [-0.4, -0.2) is 61.0 Å². The van der Waals surface area contributed by atoms with E-state index in [1.807, 2.05) is 29.2 Å². The molecule has 0 bridgehead atoms. The SMILES string of the molecule is C=CC(=O)N1CCN(c2nc(N(C)C)nc3c(F)c(-c4cc(N=O)cc5ccccc45)c(Cl)cc23)CC1. The zero-order valence-electron chi connectivity index (χ0n) is 20.4. The Bertz CT molecular complexity index is 1570. The maximum absolute atomic E-state index is 16.4. The van der Waals surface area contributed by atoms with E-state index in [1.165, 1.54) is 12.1 Å². The van der Waals surface area contributed by atoms with Crippen molar-refractivity contribution in [1.29, 1.82) is 0 Å². The van der Waals surface area contributed by atoms with Crippen LogP contribution in [0.4, 0.5) is 21.8 Å². The summed E-state index contributed by atoms with van der Waals surface area (Å²) >= 11 is 6.74. The summed E-state index contributed by atoms with van der Waals surface area (Å²) in [5.74, 6) is 0.148. The maximum Gasteiger partial charge on any atom is 0.246 e. The number of piperazine rings is 1. The van der Waals surface area contributed by atoms with E-state index in [4.69, 9.17) is 16.6 Å². The van der Waals surface area contributed by atoms with Crippen molar-refractivity contribution in [3.05, 3.63) is 70.9 Å². The molecule has 0 radical (unpaired) electrons. The molecule has 1 fully saturated rings. The molecular formula is C27H24ClFN6O2. The Balaban J connectivity index is 1.71. The minimum absolute atomic E-state index is 0.117. The molecule has 1 saturated heterocycles. The fourth-order valence-corrected chi connectivity index (χ4v) is 4.97. The average molecular weight is 519 g/mol. The van der Waals surface area contributed by atoms with Crippen molar-refractivity contribution in [2.75, 3.05) is 50.1 Å². The van der Waals surface area contributed by atoms with Crippen LogP contribution in [0.5, 0.6) is 0 Å². The van der Waals surface area contributed by atoms with Crippen LogP contribution in [0.15, 0.2) is 60.3 Å². The van der Waals surface area contributed by atoms with Crippen LogP contribution in [0.3, 0.4) is 0 Å². The van der Waals surface area contributed by atoms with Gasteiger partial charge in [-0.1, -0.05) is 42.4 Å². The van der Waals surface area contributed by atoms with Gasteiger partial charge in [0.05, 0.1) is 5.02 Å².